The van der Waals surface area contributed by atoms with Crippen molar-refractivity contribution in [2.75, 3.05) is 0 Å². The molecule has 0 saturated heterocycles. The summed E-state index contributed by atoms with van der Waals surface area (Å²) in [4.78, 5) is 0. The Labute approximate surface area is 337 Å². The maximum Gasteiger partial charge on any atom is 0.0541 e. The summed E-state index contributed by atoms with van der Waals surface area (Å²) in [5.41, 5.74) is 17.8. The van der Waals surface area contributed by atoms with Crippen LogP contribution in [0.4, 0.5) is 0 Å². The van der Waals surface area contributed by atoms with Gasteiger partial charge in [0.2, 0.25) is 0 Å². The minimum Gasteiger partial charge on any atom is -0.309 e. The van der Waals surface area contributed by atoms with E-state index in [-0.39, 0.29) is 5.92 Å². The van der Waals surface area contributed by atoms with Crippen molar-refractivity contribution in [3.63, 3.8) is 0 Å². The fourth-order valence-electron chi connectivity index (χ4n) is 9.78. The predicted molar refractivity (Wildman–Crippen MR) is 245 cm³/mol. The van der Waals surface area contributed by atoms with Gasteiger partial charge in [-0.2, -0.15) is 0 Å². The van der Waals surface area contributed by atoms with Crippen LogP contribution in [0.15, 0.2) is 218 Å². The van der Waals surface area contributed by atoms with E-state index < -0.39 is 0 Å². The first-order valence-corrected chi connectivity index (χ1v) is 20.2. The van der Waals surface area contributed by atoms with E-state index in [9.17, 15) is 0 Å². The Morgan fingerprint density at radius 3 is 1.76 bits per heavy atom. The van der Waals surface area contributed by atoms with Gasteiger partial charge in [0, 0.05) is 22.4 Å². The second kappa shape index (κ2) is 13.0. The quantitative estimate of drug-likeness (QED) is 0.155. The van der Waals surface area contributed by atoms with E-state index in [4.69, 9.17) is 0 Å². The zero-order chi connectivity index (χ0) is 38.2. The minimum atomic E-state index is 0.154. The summed E-state index contributed by atoms with van der Waals surface area (Å²) in [7, 11) is 0. The molecule has 0 N–H and O–H groups in total. The molecule has 0 amide bonds. The van der Waals surface area contributed by atoms with Crippen LogP contribution in [0.3, 0.4) is 0 Å². The lowest BCUT2D eigenvalue weighted by atomic mass is 9.87. The average Bonchev–Trinajstić information content (AvgIpc) is 3.81. The molecule has 1 unspecified atom stereocenters. The monoisotopic (exact) mass is 735 g/mol. The van der Waals surface area contributed by atoms with Crippen LogP contribution in [0, 0.1) is 0 Å². The first-order chi connectivity index (χ1) is 28.8. The van der Waals surface area contributed by atoms with E-state index >= 15 is 0 Å². The van der Waals surface area contributed by atoms with Crippen molar-refractivity contribution in [1.82, 2.24) is 4.57 Å². The summed E-state index contributed by atoms with van der Waals surface area (Å²) in [5, 5.41) is 7.65. The molecule has 1 atom stereocenters. The third kappa shape index (κ3) is 5.10. The Hall–Kier alpha value is -7.48. The number of hydrogen-bond acceptors (Lipinski definition) is 0. The van der Waals surface area contributed by atoms with Crippen LogP contribution in [0.5, 0.6) is 0 Å². The van der Waals surface area contributed by atoms with Crippen LogP contribution < -0.4 is 0 Å². The van der Waals surface area contributed by atoms with Crippen LogP contribution in [-0.4, -0.2) is 4.57 Å². The minimum absolute atomic E-state index is 0.154. The van der Waals surface area contributed by atoms with Crippen LogP contribution >= 0.6 is 0 Å². The van der Waals surface area contributed by atoms with Gasteiger partial charge in [0.05, 0.1) is 11.0 Å². The maximum absolute atomic E-state index is 2.43. The van der Waals surface area contributed by atoms with E-state index in [1.165, 1.54) is 110 Å². The highest BCUT2D eigenvalue weighted by molar-refractivity contribution is 6.15. The van der Waals surface area contributed by atoms with Gasteiger partial charge < -0.3 is 4.57 Å². The summed E-state index contributed by atoms with van der Waals surface area (Å²) in [5.74, 6) is 0.154. The van der Waals surface area contributed by atoms with Crippen molar-refractivity contribution in [2.45, 2.75) is 5.92 Å². The second-order valence-corrected chi connectivity index (χ2v) is 15.6. The van der Waals surface area contributed by atoms with Gasteiger partial charge in [-0.25, -0.2) is 0 Å². The Morgan fingerprint density at radius 1 is 0.293 bits per heavy atom. The predicted octanol–water partition coefficient (Wildman–Crippen LogP) is 15.3. The van der Waals surface area contributed by atoms with E-state index in [2.05, 4.69) is 223 Å². The molecular weight excluding hydrogens is 699 g/mol. The lowest BCUT2D eigenvalue weighted by Gasteiger charge is -2.16. The van der Waals surface area contributed by atoms with Gasteiger partial charge in [0.1, 0.15) is 0 Å². The first kappa shape index (κ1) is 32.7. The Balaban J connectivity index is 0.948. The number of fused-ring (bicyclic) bond motifs is 9. The summed E-state index contributed by atoms with van der Waals surface area (Å²) in [6, 6.07) is 80.7. The molecule has 1 aromatic heterocycles. The van der Waals surface area contributed by atoms with Crippen molar-refractivity contribution in [3.8, 4) is 50.2 Å². The third-order valence-corrected chi connectivity index (χ3v) is 12.4. The molecule has 11 aromatic rings. The van der Waals surface area contributed by atoms with Gasteiger partial charge in [0.15, 0.2) is 0 Å². The smallest absolute Gasteiger partial charge is 0.0541 e. The molecular formula is C57H37N. The fourth-order valence-corrected chi connectivity index (χ4v) is 9.78. The largest absolute Gasteiger partial charge is 0.309 e. The van der Waals surface area contributed by atoms with E-state index in [1.807, 2.05) is 0 Å². The van der Waals surface area contributed by atoms with Crippen molar-refractivity contribution in [3.05, 3.63) is 235 Å². The zero-order valence-electron chi connectivity index (χ0n) is 31.8. The van der Waals surface area contributed by atoms with E-state index in [1.54, 1.807) is 0 Å². The summed E-state index contributed by atoms with van der Waals surface area (Å²) < 4.78 is 2.38. The molecule has 0 spiro atoms. The number of benzene rings is 10. The highest BCUT2D eigenvalue weighted by Gasteiger charge is 2.30. The summed E-state index contributed by atoms with van der Waals surface area (Å²) in [6.45, 7) is 0. The SMILES string of the molecule is c1ccc(-c2cc3ccc(-c4ccc5c(c4)-c4ccccc4C5c4cccc(-c5ccc6c(c5)c5ccccc5n6-c5ccccc5)c4)cc3c3ccccc23)cc1. The van der Waals surface area contributed by atoms with Gasteiger partial charge in [-0.3, -0.25) is 0 Å². The number of aromatic nitrogens is 1. The van der Waals surface area contributed by atoms with Gasteiger partial charge >= 0.3 is 0 Å². The van der Waals surface area contributed by atoms with Crippen LogP contribution in [0.2, 0.25) is 0 Å². The first-order valence-electron chi connectivity index (χ1n) is 20.2. The van der Waals surface area contributed by atoms with Crippen molar-refractivity contribution in [1.29, 1.82) is 0 Å². The molecule has 1 nitrogen and oxygen atoms in total. The molecule has 12 rings (SSSR count). The average molecular weight is 736 g/mol. The summed E-state index contributed by atoms with van der Waals surface area (Å²) in [6.07, 6.45) is 0. The lowest BCUT2D eigenvalue weighted by Crippen LogP contribution is -1.99. The molecule has 1 aliphatic rings. The molecule has 1 aliphatic carbocycles. The molecule has 0 aliphatic heterocycles. The number of para-hydroxylation sites is 2. The molecule has 270 valence electrons. The van der Waals surface area contributed by atoms with Crippen LogP contribution in [0.1, 0.15) is 22.6 Å². The van der Waals surface area contributed by atoms with Gasteiger partial charge in [-0.15, -0.1) is 0 Å². The number of hydrogen-bond donors (Lipinski definition) is 0. The highest BCUT2D eigenvalue weighted by atomic mass is 15.0. The number of nitrogens with zero attached hydrogens (tertiary/aromatic N) is 1. The molecule has 0 fully saturated rings. The topological polar surface area (TPSA) is 4.93 Å². The van der Waals surface area contributed by atoms with Gasteiger partial charge in [-0.05, 0) is 131 Å². The maximum atomic E-state index is 2.43. The zero-order valence-corrected chi connectivity index (χ0v) is 31.8. The Bertz CT molecular complexity index is 3390. The normalized spacial score (nSPS) is 13.3. The fraction of sp³-hybridized carbons (Fsp3) is 0.0175. The molecule has 10 aromatic carbocycles. The highest BCUT2D eigenvalue weighted by Crippen LogP contribution is 2.50. The molecule has 0 saturated carbocycles. The van der Waals surface area contributed by atoms with E-state index in [0.717, 1.165) is 0 Å². The molecule has 58 heavy (non-hydrogen) atoms. The standard InChI is InChI=1S/C57H37N/c1-3-14-37(15-4-1)51-36-42-27-26-39(33-52(42)46-21-8-7-20-45(46)51)40-28-30-50-53(34-40)47-22-9-10-24-49(47)57(50)43-17-13-16-38(32-43)41-29-31-56-54(35-41)48-23-11-12-25-55(48)58(56)44-18-5-2-6-19-44/h1-36,57H. The van der Waals surface area contributed by atoms with Gasteiger partial charge in [0.25, 0.3) is 0 Å². The Morgan fingerprint density at radius 2 is 0.897 bits per heavy atom. The van der Waals surface area contributed by atoms with Crippen LogP contribution in [0.25, 0.3) is 93.5 Å². The second-order valence-electron chi connectivity index (χ2n) is 15.6. The van der Waals surface area contributed by atoms with Crippen LogP contribution in [-0.2, 0) is 0 Å². The van der Waals surface area contributed by atoms with Crippen molar-refractivity contribution < 1.29 is 0 Å². The molecule has 1 heterocycles. The van der Waals surface area contributed by atoms with Crippen molar-refractivity contribution >= 4 is 43.4 Å². The lowest BCUT2D eigenvalue weighted by molar-refractivity contribution is 1.02. The molecule has 0 bridgehead atoms. The van der Waals surface area contributed by atoms with Crippen molar-refractivity contribution in [2.24, 2.45) is 0 Å². The van der Waals surface area contributed by atoms with Gasteiger partial charge in [-0.1, -0.05) is 170 Å². The number of rotatable bonds is 5. The summed E-state index contributed by atoms with van der Waals surface area (Å²) >= 11 is 0. The Kier molecular flexibility index (Phi) is 7.36. The molecule has 0 radical (unpaired) electrons. The third-order valence-electron chi connectivity index (χ3n) is 12.4. The van der Waals surface area contributed by atoms with E-state index in [0.29, 0.717) is 0 Å². The molecule has 1 heteroatoms.